The van der Waals surface area contributed by atoms with E-state index in [0.717, 1.165) is 0 Å². The lowest BCUT2D eigenvalue weighted by Gasteiger charge is -2.43. The summed E-state index contributed by atoms with van der Waals surface area (Å²) in [7, 11) is 0. The summed E-state index contributed by atoms with van der Waals surface area (Å²) in [5, 5.41) is 18.3. The van der Waals surface area contributed by atoms with E-state index in [1.807, 2.05) is 30.9 Å². The molecule has 0 aliphatic carbocycles. The molecule has 3 rings (SSSR count). The Morgan fingerprint density at radius 2 is 2.00 bits per heavy atom. The molecule has 2 saturated heterocycles. The fourth-order valence-corrected chi connectivity index (χ4v) is 3.95. The lowest BCUT2D eigenvalue weighted by atomic mass is 9.85. The molecule has 1 aromatic heterocycles. The predicted molar refractivity (Wildman–Crippen MR) is 98.9 cm³/mol. The molecule has 0 atom stereocenters. The normalized spacial score (nSPS) is 19.3. The Labute approximate surface area is 159 Å². The van der Waals surface area contributed by atoms with Gasteiger partial charge in [0.05, 0.1) is 13.2 Å². The third kappa shape index (κ3) is 3.35. The van der Waals surface area contributed by atoms with E-state index in [1.165, 1.54) is 4.90 Å². The van der Waals surface area contributed by atoms with Crippen LogP contribution in [0.3, 0.4) is 0 Å². The number of amides is 3. The first kappa shape index (κ1) is 19.1. The molecular weight excluding hydrogens is 346 g/mol. The minimum atomic E-state index is -0.847. The molecule has 8 nitrogen and oxygen atoms in total. The van der Waals surface area contributed by atoms with Gasteiger partial charge in [-0.1, -0.05) is 19.9 Å². The average Bonchev–Trinajstić information content (AvgIpc) is 2.85. The highest BCUT2D eigenvalue weighted by atomic mass is 16.3. The molecule has 3 amide bonds. The van der Waals surface area contributed by atoms with E-state index in [2.05, 4.69) is 4.98 Å². The molecule has 2 fully saturated rings. The quantitative estimate of drug-likeness (QED) is 0.781. The number of hydrogen-bond donors (Lipinski definition) is 1. The van der Waals surface area contributed by atoms with E-state index in [0.29, 0.717) is 44.0 Å². The number of carbonyl (C=O) groups excluding carboxylic acids is 2. The summed E-state index contributed by atoms with van der Waals surface area (Å²) in [6.07, 6.45) is 1.01. The number of imide groups is 1. The molecule has 0 aromatic carbocycles. The summed E-state index contributed by atoms with van der Waals surface area (Å²) in [6.45, 7) is 5.49. The van der Waals surface area contributed by atoms with Gasteiger partial charge in [0.1, 0.15) is 23.1 Å². The number of hydrogen-bond acceptors (Lipinski definition) is 6. The zero-order chi connectivity index (χ0) is 19.6. The Kier molecular flexibility index (Phi) is 5.33. The standard InChI is InChI=1S/C19H25N5O3/c1-14(2)13-24-18(27)23(10-11-25)17(26)19(24)6-8-22(9-7-19)16-5-3-4-15(12-20)21-16/h3-5,14,25H,6-11,13H2,1-2H3. The molecule has 0 bridgehead atoms. The van der Waals surface area contributed by atoms with Gasteiger partial charge in [0.25, 0.3) is 5.91 Å². The summed E-state index contributed by atoms with van der Waals surface area (Å²) >= 11 is 0. The van der Waals surface area contributed by atoms with Gasteiger partial charge in [0.15, 0.2) is 0 Å². The third-order valence-corrected chi connectivity index (χ3v) is 5.26. The SMILES string of the molecule is CC(C)CN1C(=O)N(CCO)C(=O)C12CCN(c1cccc(C#N)n1)CC2. The second-order valence-electron chi connectivity index (χ2n) is 7.48. The van der Waals surface area contributed by atoms with Gasteiger partial charge in [-0.25, -0.2) is 9.78 Å². The van der Waals surface area contributed by atoms with Gasteiger partial charge in [0.2, 0.25) is 0 Å². The summed E-state index contributed by atoms with van der Waals surface area (Å²) in [5.41, 5.74) is -0.490. The topological polar surface area (TPSA) is 101 Å². The van der Waals surface area contributed by atoms with Crippen molar-refractivity contribution in [1.82, 2.24) is 14.8 Å². The van der Waals surface area contributed by atoms with Crippen molar-refractivity contribution in [2.75, 3.05) is 37.7 Å². The molecular formula is C19H25N5O3. The van der Waals surface area contributed by atoms with Crippen molar-refractivity contribution in [3.8, 4) is 6.07 Å². The number of rotatable bonds is 5. The van der Waals surface area contributed by atoms with Gasteiger partial charge in [0, 0.05) is 19.6 Å². The van der Waals surface area contributed by atoms with Crippen molar-refractivity contribution in [1.29, 1.82) is 5.26 Å². The van der Waals surface area contributed by atoms with Crippen LogP contribution < -0.4 is 4.90 Å². The van der Waals surface area contributed by atoms with Crippen molar-refractivity contribution < 1.29 is 14.7 Å². The van der Waals surface area contributed by atoms with Gasteiger partial charge in [-0.2, -0.15) is 5.26 Å². The Morgan fingerprint density at radius 3 is 2.59 bits per heavy atom. The molecule has 3 heterocycles. The Balaban J connectivity index is 1.83. The van der Waals surface area contributed by atoms with E-state index in [1.54, 1.807) is 17.0 Å². The number of nitriles is 1. The van der Waals surface area contributed by atoms with Crippen LogP contribution in [0.1, 0.15) is 32.4 Å². The first-order valence-corrected chi connectivity index (χ1v) is 9.29. The molecule has 0 unspecified atom stereocenters. The van der Waals surface area contributed by atoms with Crippen LogP contribution in [0.25, 0.3) is 0 Å². The highest BCUT2D eigenvalue weighted by Gasteiger charge is 2.57. The van der Waals surface area contributed by atoms with Crippen LogP contribution in [0.2, 0.25) is 0 Å². The Bertz CT molecular complexity index is 765. The summed E-state index contributed by atoms with van der Waals surface area (Å²) < 4.78 is 0. The number of anilines is 1. The summed E-state index contributed by atoms with van der Waals surface area (Å²) in [4.78, 5) is 35.2. The number of pyridine rings is 1. The molecule has 2 aliphatic heterocycles. The third-order valence-electron chi connectivity index (χ3n) is 5.26. The van der Waals surface area contributed by atoms with Crippen molar-refractivity contribution in [3.63, 3.8) is 0 Å². The van der Waals surface area contributed by atoms with Gasteiger partial charge in [-0.15, -0.1) is 0 Å². The number of piperidine rings is 1. The van der Waals surface area contributed by atoms with Crippen molar-refractivity contribution in [2.45, 2.75) is 32.2 Å². The lowest BCUT2D eigenvalue weighted by Crippen LogP contribution is -2.57. The zero-order valence-electron chi connectivity index (χ0n) is 15.8. The highest BCUT2D eigenvalue weighted by Crippen LogP contribution is 2.38. The molecule has 0 radical (unpaired) electrons. The molecule has 144 valence electrons. The molecule has 1 spiro atoms. The van der Waals surface area contributed by atoms with Crippen LogP contribution in [0, 0.1) is 17.2 Å². The zero-order valence-corrected chi connectivity index (χ0v) is 15.8. The number of carbonyl (C=O) groups is 2. The van der Waals surface area contributed by atoms with Gasteiger partial charge in [-0.05, 0) is 30.9 Å². The number of urea groups is 1. The molecule has 1 aromatic rings. The van der Waals surface area contributed by atoms with E-state index in [-0.39, 0.29) is 31.0 Å². The van der Waals surface area contributed by atoms with Crippen LogP contribution >= 0.6 is 0 Å². The van der Waals surface area contributed by atoms with E-state index >= 15 is 0 Å². The van der Waals surface area contributed by atoms with Gasteiger partial charge < -0.3 is 14.9 Å². The van der Waals surface area contributed by atoms with E-state index in [4.69, 9.17) is 5.26 Å². The Hall–Kier alpha value is -2.66. The largest absolute Gasteiger partial charge is 0.395 e. The molecule has 0 saturated carbocycles. The number of nitrogens with zero attached hydrogens (tertiary/aromatic N) is 5. The maximum atomic E-state index is 13.1. The molecule has 2 aliphatic rings. The second-order valence-corrected chi connectivity index (χ2v) is 7.48. The van der Waals surface area contributed by atoms with Crippen LogP contribution in [0.4, 0.5) is 10.6 Å². The van der Waals surface area contributed by atoms with Crippen LogP contribution in [0.5, 0.6) is 0 Å². The first-order valence-electron chi connectivity index (χ1n) is 9.29. The number of aliphatic hydroxyl groups is 1. The maximum Gasteiger partial charge on any atom is 0.327 e. The number of aromatic nitrogens is 1. The highest BCUT2D eigenvalue weighted by molar-refractivity contribution is 6.07. The van der Waals surface area contributed by atoms with E-state index < -0.39 is 5.54 Å². The van der Waals surface area contributed by atoms with Gasteiger partial charge in [-0.3, -0.25) is 9.69 Å². The van der Waals surface area contributed by atoms with Gasteiger partial charge >= 0.3 is 6.03 Å². The minimum absolute atomic E-state index is 0.0312. The van der Waals surface area contributed by atoms with E-state index in [9.17, 15) is 14.7 Å². The number of β-amino-alcohol motifs (C(OH)–C–C–N with tert-alkyl or cyclic N) is 1. The monoisotopic (exact) mass is 371 g/mol. The molecule has 1 N–H and O–H groups in total. The minimum Gasteiger partial charge on any atom is -0.395 e. The predicted octanol–water partition coefficient (Wildman–Crippen LogP) is 1.20. The van der Waals surface area contributed by atoms with Crippen LogP contribution in [0.15, 0.2) is 18.2 Å². The molecule has 8 heteroatoms. The fourth-order valence-electron chi connectivity index (χ4n) is 3.95. The lowest BCUT2D eigenvalue weighted by molar-refractivity contribution is -0.134. The van der Waals surface area contributed by atoms with Crippen molar-refractivity contribution in [2.24, 2.45) is 5.92 Å². The maximum absolute atomic E-state index is 13.1. The summed E-state index contributed by atoms with van der Waals surface area (Å²) in [5.74, 6) is 0.739. The van der Waals surface area contributed by atoms with Crippen molar-refractivity contribution >= 4 is 17.8 Å². The first-order chi connectivity index (χ1) is 12.9. The second kappa shape index (κ2) is 7.53. The fraction of sp³-hybridized carbons (Fsp3) is 0.579. The Morgan fingerprint density at radius 1 is 1.30 bits per heavy atom. The average molecular weight is 371 g/mol. The summed E-state index contributed by atoms with van der Waals surface area (Å²) in [6, 6.07) is 7.04. The van der Waals surface area contributed by atoms with Crippen LogP contribution in [-0.2, 0) is 4.79 Å². The number of aliphatic hydroxyl groups excluding tert-OH is 1. The van der Waals surface area contributed by atoms with Crippen molar-refractivity contribution in [3.05, 3.63) is 23.9 Å². The smallest absolute Gasteiger partial charge is 0.327 e. The van der Waals surface area contributed by atoms with Crippen LogP contribution in [-0.4, -0.2) is 70.2 Å². The molecule has 27 heavy (non-hydrogen) atoms.